The average molecular weight is 324 g/mol. The van der Waals surface area contributed by atoms with Crippen LogP contribution in [0.25, 0.3) is 11.1 Å². The van der Waals surface area contributed by atoms with Crippen LogP contribution in [0.3, 0.4) is 0 Å². The Morgan fingerprint density at radius 2 is 1.70 bits per heavy atom. The van der Waals surface area contributed by atoms with Gasteiger partial charge in [-0.3, -0.25) is 0 Å². The van der Waals surface area contributed by atoms with Crippen molar-refractivity contribution in [3.63, 3.8) is 0 Å². The van der Waals surface area contributed by atoms with E-state index in [1.807, 2.05) is 48.5 Å². The van der Waals surface area contributed by atoms with Crippen LogP contribution in [0.4, 0.5) is 5.69 Å². The summed E-state index contributed by atoms with van der Waals surface area (Å²) in [6.45, 7) is 0.690. The van der Waals surface area contributed by atoms with Gasteiger partial charge in [0, 0.05) is 11.6 Å². The first kappa shape index (κ1) is 15.4. The minimum atomic E-state index is 0.690. The summed E-state index contributed by atoms with van der Waals surface area (Å²) in [5, 5.41) is 4.18. The lowest BCUT2D eigenvalue weighted by atomic mass is 10.0. The lowest BCUT2D eigenvalue weighted by molar-refractivity contribution is 0.416. The van der Waals surface area contributed by atoms with Gasteiger partial charge in [0.25, 0.3) is 0 Å². The summed E-state index contributed by atoms with van der Waals surface area (Å²) < 4.78 is 5.46. The van der Waals surface area contributed by atoms with Crippen LogP contribution in [-0.2, 0) is 6.54 Å². The molecule has 0 aliphatic rings. The second-order valence-corrected chi connectivity index (χ2v) is 5.70. The van der Waals surface area contributed by atoms with E-state index in [1.54, 1.807) is 7.11 Å². The molecule has 23 heavy (non-hydrogen) atoms. The van der Waals surface area contributed by atoms with Gasteiger partial charge in [-0.25, -0.2) is 0 Å². The molecule has 1 N–H and O–H groups in total. The van der Waals surface area contributed by atoms with E-state index in [1.165, 1.54) is 5.56 Å². The highest BCUT2D eigenvalue weighted by molar-refractivity contribution is 6.30. The largest absolute Gasteiger partial charge is 0.495 e. The molecule has 3 aromatic rings. The van der Waals surface area contributed by atoms with Gasteiger partial charge in [-0.15, -0.1) is 0 Å². The maximum atomic E-state index is 6.04. The van der Waals surface area contributed by atoms with Gasteiger partial charge in [0.1, 0.15) is 5.75 Å². The second kappa shape index (κ2) is 7.21. The van der Waals surface area contributed by atoms with Gasteiger partial charge in [-0.1, -0.05) is 60.1 Å². The molecule has 116 valence electrons. The summed E-state index contributed by atoms with van der Waals surface area (Å²) in [6.07, 6.45) is 0. The molecule has 0 spiro atoms. The standard InChI is InChI=1S/C20H18ClNO/c1-23-20-11-10-17(16-7-3-2-4-8-16)13-19(20)22-14-15-6-5-9-18(21)12-15/h2-13,22H,14H2,1H3. The molecular formula is C20H18ClNO. The molecule has 0 heterocycles. The molecule has 0 radical (unpaired) electrons. The monoisotopic (exact) mass is 323 g/mol. The molecule has 0 atom stereocenters. The Hall–Kier alpha value is -2.45. The van der Waals surface area contributed by atoms with E-state index in [9.17, 15) is 0 Å². The molecule has 0 aliphatic heterocycles. The zero-order valence-corrected chi connectivity index (χ0v) is 13.7. The highest BCUT2D eigenvalue weighted by Gasteiger charge is 2.06. The second-order valence-electron chi connectivity index (χ2n) is 5.26. The molecule has 0 aromatic heterocycles. The molecule has 3 heteroatoms. The van der Waals surface area contributed by atoms with E-state index in [2.05, 4.69) is 29.6 Å². The third-order valence-corrected chi connectivity index (χ3v) is 3.91. The van der Waals surface area contributed by atoms with Crippen LogP contribution >= 0.6 is 11.6 Å². The maximum absolute atomic E-state index is 6.04. The van der Waals surface area contributed by atoms with Gasteiger partial charge < -0.3 is 10.1 Å². The first-order valence-electron chi connectivity index (χ1n) is 7.48. The van der Waals surface area contributed by atoms with Crippen LogP contribution in [0.1, 0.15) is 5.56 Å². The Balaban J connectivity index is 1.85. The Kier molecular flexibility index (Phi) is 4.84. The molecule has 2 nitrogen and oxygen atoms in total. The van der Waals surface area contributed by atoms with Crippen molar-refractivity contribution in [1.82, 2.24) is 0 Å². The van der Waals surface area contributed by atoms with E-state index in [-0.39, 0.29) is 0 Å². The van der Waals surface area contributed by atoms with E-state index in [0.717, 1.165) is 27.6 Å². The summed E-state index contributed by atoms with van der Waals surface area (Å²) in [6, 6.07) is 24.3. The maximum Gasteiger partial charge on any atom is 0.141 e. The number of ether oxygens (including phenoxy) is 1. The van der Waals surface area contributed by atoms with Gasteiger partial charge in [0.15, 0.2) is 0 Å². The number of methoxy groups -OCH3 is 1. The van der Waals surface area contributed by atoms with Gasteiger partial charge in [0.2, 0.25) is 0 Å². The molecule has 3 rings (SSSR count). The number of halogens is 1. The van der Waals surface area contributed by atoms with Crippen molar-refractivity contribution < 1.29 is 4.74 Å². The van der Waals surface area contributed by atoms with E-state index in [0.29, 0.717) is 6.54 Å². The Labute approximate surface area is 141 Å². The van der Waals surface area contributed by atoms with Gasteiger partial charge in [-0.2, -0.15) is 0 Å². The minimum Gasteiger partial charge on any atom is -0.495 e. The number of nitrogens with one attached hydrogen (secondary N) is 1. The van der Waals surface area contributed by atoms with E-state index >= 15 is 0 Å². The van der Waals surface area contributed by atoms with E-state index in [4.69, 9.17) is 16.3 Å². The van der Waals surface area contributed by atoms with Crippen LogP contribution in [0, 0.1) is 0 Å². The predicted octanol–water partition coefficient (Wildman–Crippen LogP) is 5.63. The van der Waals surface area contributed by atoms with Crippen molar-refractivity contribution in [2.75, 3.05) is 12.4 Å². The van der Waals surface area contributed by atoms with Crippen molar-refractivity contribution in [3.05, 3.63) is 83.4 Å². The van der Waals surface area contributed by atoms with Crippen molar-refractivity contribution in [2.24, 2.45) is 0 Å². The summed E-state index contributed by atoms with van der Waals surface area (Å²) in [5.74, 6) is 0.826. The number of hydrogen-bond donors (Lipinski definition) is 1. The molecular weight excluding hydrogens is 306 g/mol. The van der Waals surface area contributed by atoms with Crippen LogP contribution in [0.2, 0.25) is 5.02 Å². The number of rotatable bonds is 5. The predicted molar refractivity (Wildman–Crippen MR) is 97.2 cm³/mol. The number of anilines is 1. The summed E-state index contributed by atoms with van der Waals surface area (Å²) in [4.78, 5) is 0. The van der Waals surface area contributed by atoms with Crippen LogP contribution < -0.4 is 10.1 Å². The highest BCUT2D eigenvalue weighted by atomic mass is 35.5. The molecule has 0 bridgehead atoms. The molecule has 0 aliphatic carbocycles. The van der Waals surface area contributed by atoms with E-state index < -0.39 is 0 Å². The van der Waals surface area contributed by atoms with Crippen molar-refractivity contribution in [3.8, 4) is 16.9 Å². The zero-order valence-electron chi connectivity index (χ0n) is 12.9. The zero-order chi connectivity index (χ0) is 16.1. The minimum absolute atomic E-state index is 0.690. The van der Waals surface area contributed by atoms with Crippen molar-refractivity contribution in [1.29, 1.82) is 0 Å². The Morgan fingerprint density at radius 3 is 2.43 bits per heavy atom. The molecule has 0 amide bonds. The van der Waals surface area contributed by atoms with Crippen LogP contribution in [0.5, 0.6) is 5.75 Å². The van der Waals surface area contributed by atoms with Crippen molar-refractivity contribution in [2.45, 2.75) is 6.54 Å². The average Bonchev–Trinajstić information content (AvgIpc) is 2.60. The van der Waals surface area contributed by atoms with Crippen molar-refractivity contribution >= 4 is 17.3 Å². The molecule has 3 aromatic carbocycles. The third-order valence-electron chi connectivity index (χ3n) is 3.68. The quantitative estimate of drug-likeness (QED) is 0.657. The topological polar surface area (TPSA) is 21.3 Å². The third kappa shape index (κ3) is 3.85. The lowest BCUT2D eigenvalue weighted by Gasteiger charge is -2.13. The summed E-state index contributed by atoms with van der Waals surface area (Å²) in [7, 11) is 1.68. The number of hydrogen-bond acceptors (Lipinski definition) is 2. The SMILES string of the molecule is COc1ccc(-c2ccccc2)cc1NCc1cccc(Cl)c1. The first-order valence-corrected chi connectivity index (χ1v) is 7.86. The smallest absolute Gasteiger partial charge is 0.141 e. The van der Waals surface area contributed by atoms with Crippen LogP contribution in [-0.4, -0.2) is 7.11 Å². The first-order chi connectivity index (χ1) is 11.3. The van der Waals surface area contributed by atoms with Gasteiger partial charge >= 0.3 is 0 Å². The lowest BCUT2D eigenvalue weighted by Crippen LogP contribution is -2.01. The molecule has 0 saturated carbocycles. The molecule has 0 fully saturated rings. The van der Waals surface area contributed by atoms with Crippen LogP contribution in [0.15, 0.2) is 72.8 Å². The summed E-state index contributed by atoms with van der Waals surface area (Å²) in [5.41, 5.74) is 4.43. The number of benzene rings is 3. The highest BCUT2D eigenvalue weighted by Crippen LogP contribution is 2.31. The van der Waals surface area contributed by atoms with Gasteiger partial charge in [0.05, 0.1) is 12.8 Å². The fourth-order valence-electron chi connectivity index (χ4n) is 2.50. The normalized spacial score (nSPS) is 10.3. The van der Waals surface area contributed by atoms with Gasteiger partial charge in [-0.05, 0) is 41.0 Å². The Bertz CT molecular complexity index is 787. The summed E-state index contributed by atoms with van der Waals surface area (Å²) >= 11 is 6.04. The molecule has 0 saturated heterocycles. The molecule has 0 unspecified atom stereocenters. The fraction of sp³-hybridized carbons (Fsp3) is 0.100. The fourth-order valence-corrected chi connectivity index (χ4v) is 2.71. The Morgan fingerprint density at radius 1 is 0.870 bits per heavy atom.